The van der Waals surface area contributed by atoms with Crippen LogP contribution in [0.4, 0.5) is 5.69 Å². The van der Waals surface area contributed by atoms with E-state index in [1.54, 1.807) is 36.5 Å². The zero-order chi connectivity index (χ0) is 19.4. The number of carbonyl (C=O) groups is 1. The first-order chi connectivity index (χ1) is 12.9. The molecule has 27 heavy (non-hydrogen) atoms. The van der Waals surface area contributed by atoms with E-state index >= 15 is 0 Å². The first-order valence-electron chi connectivity index (χ1n) is 7.96. The van der Waals surface area contributed by atoms with Crippen molar-refractivity contribution in [3.8, 4) is 5.69 Å². The van der Waals surface area contributed by atoms with Crippen LogP contribution in [0.2, 0.25) is 10.0 Å². The Hall–Kier alpha value is -2.28. The van der Waals surface area contributed by atoms with E-state index < -0.39 is 0 Å². The van der Waals surface area contributed by atoms with Gasteiger partial charge in [-0.3, -0.25) is 14.2 Å². The average Bonchev–Trinajstić information content (AvgIpc) is 2.63. The highest BCUT2D eigenvalue weighted by molar-refractivity contribution is 7.99. The lowest BCUT2D eigenvalue weighted by molar-refractivity contribution is -0.113. The molecule has 3 rings (SSSR count). The molecule has 1 amide bonds. The van der Waals surface area contributed by atoms with Crippen molar-refractivity contribution in [2.24, 2.45) is 0 Å². The Balaban J connectivity index is 1.73. The Bertz CT molecular complexity index is 1050. The van der Waals surface area contributed by atoms with Crippen LogP contribution in [-0.4, -0.2) is 21.2 Å². The predicted octanol–water partition coefficient (Wildman–Crippen LogP) is 4.58. The van der Waals surface area contributed by atoms with Gasteiger partial charge in [-0.05, 0) is 42.8 Å². The number of aromatic nitrogens is 2. The SMILES string of the molecule is Cc1ccc(-n2ccnc(SCC(=O)Nc3cccc(Cl)c3)c2=O)cc1Cl. The summed E-state index contributed by atoms with van der Waals surface area (Å²) in [5, 5.41) is 4.07. The molecule has 1 heterocycles. The number of carbonyl (C=O) groups excluding carboxylic acids is 1. The topological polar surface area (TPSA) is 64.0 Å². The molecule has 5 nitrogen and oxygen atoms in total. The van der Waals surface area contributed by atoms with E-state index in [1.807, 2.05) is 19.1 Å². The van der Waals surface area contributed by atoms with Crippen molar-refractivity contribution < 1.29 is 4.79 Å². The number of nitrogens with one attached hydrogen (secondary N) is 1. The van der Waals surface area contributed by atoms with Crippen LogP contribution >= 0.6 is 35.0 Å². The van der Waals surface area contributed by atoms with Crippen LogP contribution in [0.3, 0.4) is 0 Å². The van der Waals surface area contributed by atoms with Gasteiger partial charge in [0.15, 0.2) is 5.03 Å². The molecule has 8 heteroatoms. The molecule has 0 radical (unpaired) electrons. The van der Waals surface area contributed by atoms with Gasteiger partial charge in [-0.2, -0.15) is 0 Å². The molecule has 0 saturated heterocycles. The van der Waals surface area contributed by atoms with Crippen molar-refractivity contribution in [2.45, 2.75) is 11.9 Å². The number of benzene rings is 2. The fraction of sp³-hybridized carbons (Fsp3) is 0.105. The van der Waals surface area contributed by atoms with Crippen LogP contribution in [-0.2, 0) is 4.79 Å². The molecule has 0 spiro atoms. The van der Waals surface area contributed by atoms with Gasteiger partial charge in [0.05, 0.1) is 11.4 Å². The van der Waals surface area contributed by atoms with Gasteiger partial charge in [0.2, 0.25) is 5.91 Å². The van der Waals surface area contributed by atoms with Gasteiger partial charge in [-0.25, -0.2) is 4.98 Å². The van der Waals surface area contributed by atoms with Crippen LogP contribution < -0.4 is 10.9 Å². The lowest BCUT2D eigenvalue weighted by Gasteiger charge is -2.09. The summed E-state index contributed by atoms with van der Waals surface area (Å²) in [6.45, 7) is 1.89. The van der Waals surface area contributed by atoms with E-state index in [2.05, 4.69) is 10.3 Å². The number of rotatable bonds is 5. The monoisotopic (exact) mass is 419 g/mol. The summed E-state index contributed by atoms with van der Waals surface area (Å²) in [5.74, 6) is -0.204. The molecule has 0 fully saturated rings. The number of anilines is 1. The molecule has 0 aliphatic heterocycles. The summed E-state index contributed by atoms with van der Waals surface area (Å²) in [7, 11) is 0. The van der Waals surface area contributed by atoms with Crippen molar-refractivity contribution in [2.75, 3.05) is 11.1 Å². The summed E-state index contributed by atoms with van der Waals surface area (Å²) in [6, 6.07) is 12.2. The Morgan fingerprint density at radius 3 is 2.78 bits per heavy atom. The van der Waals surface area contributed by atoms with Gasteiger partial charge in [-0.1, -0.05) is 47.1 Å². The fourth-order valence-electron chi connectivity index (χ4n) is 2.32. The molecular weight excluding hydrogens is 405 g/mol. The first-order valence-corrected chi connectivity index (χ1v) is 9.70. The normalized spacial score (nSPS) is 10.6. The summed E-state index contributed by atoms with van der Waals surface area (Å²) in [5.41, 5.74) is 1.86. The van der Waals surface area contributed by atoms with Crippen LogP contribution in [0.5, 0.6) is 0 Å². The molecule has 1 N–H and O–H groups in total. The molecule has 3 aromatic rings. The zero-order valence-electron chi connectivity index (χ0n) is 14.3. The molecule has 2 aromatic carbocycles. The standard InChI is InChI=1S/C19H15Cl2N3O2S/c1-12-5-6-15(10-16(12)21)24-8-7-22-18(19(24)26)27-11-17(25)23-14-4-2-3-13(20)9-14/h2-10H,11H2,1H3,(H,23,25). The summed E-state index contributed by atoms with van der Waals surface area (Å²) < 4.78 is 1.45. The molecule has 0 unspecified atom stereocenters. The zero-order valence-corrected chi connectivity index (χ0v) is 16.6. The van der Waals surface area contributed by atoms with Crippen LogP contribution in [0.25, 0.3) is 5.69 Å². The van der Waals surface area contributed by atoms with Crippen molar-refractivity contribution in [3.63, 3.8) is 0 Å². The van der Waals surface area contributed by atoms with Crippen molar-refractivity contribution in [1.82, 2.24) is 9.55 Å². The van der Waals surface area contributed by atoms with Crippen molar-refractivity contribution in [3.05, 3.63) is 80.8 Å². The Morgan fingerprint density at radius 2 is 2.04 bits per heavy atom. The van der Waals surface area contributed by atoms with E-state index in [4.69, 9.17) is 23.2 Å². The Labute approximate surface area is 170 Å². The fourth-order valence-corrected chi connectivity index (χ4v) is 3.39. The number of nitrogens with zero attached hydrogens (tertiary/aromatic N) is 2. The molecule has 1 aromatic heterocycles. The minimum absolute atomic E-state index is 0.0490. The highest BCUT2D eigenvalue weighted by Crippen LogP contribution is 2.20. The molecule has 0 aliphatic carbocycles. The third kappa shape index (κ3) is 4.91. The lowest BCUT2D eigenvalue weighted by Crippen LogP contribution is -2.22. The number of hydrogen-bond donors (Lipinski definition) is 1. The number of hydrogen-bond acceptors (Lipinski definition) is 4. The second-order valence-electron chi connectivity index (χ2n) is 5.69. The Morgan fingerprint density at radius 1 is 1.22 bits per heavy atom. The van der Waals surface area contributed by atoms with Gasteiger partial charge in [0, 0.05) is 28.1 Å². The second-order valence-corrected chi connectivity index (χ2v) is 7.50. The average molecular weight is 420 g/mol. The minimum atomic E-state index is -0.307. The summed E-state index contributed by atoms with van der Waals surface area (Å²) in [4.78, 5) is 28.9. The van der Waals surface area contributed by atoms with Gasteiger partial charge >= 0.3 is 0 Å². The predicted molar refractivity (Wildman–Crippen MR) is 110 cm³/mol. The van der Waals surface area contributed by atoms with Crippen LogP contribution in [0, 0.1) is 6.92 Å². The smallest absolute Gasteiger partial charge is 0.287 e. The van der Waals surface area contributed by atoms with Crippen molar-refractivity contribution >= 4 is 46.6 Å². The maximum absolute atomic E-state index is 12.7. The number of amides is 1. The largest absolute Gasteiger partial charge is 0.325 e. The second kappa shape index (κ2) is 8.61. The van der Waals surface area contributed by atoms with Gasteiger partial charge in [-0.15, -0.1) is 0 Å². The van der Waals surface area contributed by atoms with E-state index in [0.717, 1.165) is 17.3 Å². The molecule has 138 valence electrons. The van der Waals surface area contributed by atoms with E-state index in [-0.39, 0.29) is 22.2 Å². The van der Waals surface area contributed by atoms with E-state index in [9.17, 15) is 9.59 Å². The maximum atomic E-state index is 12.7. The number of thioether (sulfide) groups is 1. The van der Waals surface area contributed by atoms with Crippen molar-refractivity contribution in [1.29, 1.82) is 0 Å². The van der Waals surface area contributed by atoms with Gasteiger partial charge in [0.1, 0.15) is 0 Å². The summed E-state index contributed by atoms with van der Waals surface area (Å²) >= 11 is 13.1. The van der Waals surface area contributed by atoms with Gasteiger partial charge < -0.3 is 5.32 Å². The van der Waals surface area contributed by atoms with Gasteiger partial charge in [0.25, 0.3) is 5.56 Å². The molecule has 0 aliphatic rings. The van der Waals surface area contributed by atoms with E-state index in [0.29, 0.717) is 21.4 Å². The molecular formula is C19H15Cl2N3O2S. The first kappa shape index (κ1) is 19.5. The number of halogens is 2. The third-order valence-electron chi connectivity index (χ3n) is 3.69. The highest BCUT2D eigenvalue weighted by atomic mass is 35.5. The summed E-state index contributed by atoms with van der Waals surface area (Å²) in [6.07, 6.45) is 3.09. The van der Waals surface area contributed by atoms with Crippen LogP contribution in [0.1, 0.15) is 5.56 Å². The molecule has 0 bridgehead atoms. The Kier molecular flexibility index (Phi) is 6.21. The lowest BCUT2D eigenvalue weighted by atomic mass is 10.2. The highest BCUT2D eigenvalue weighted by Gasteiger charge is 2.11. The maximum Gasteiger partial charge on any atom is 0.287 e. The minimum Gasteiger partial charge on any atom is -0.325 e. The van der Waals surface area contributed by atoms with E-state index in [1.165, 1.54) is 10.8 Å². The number of aryl methyl sites for hydroxylation is 1. The van der Waals surface area contributed by atoms with Crippen LogP contribution in [0.15, 0.2) is 64.7 Å². The molecule has 0 saturated carbocycles. The third-order valence-corrected chi connectivity index (χ3v) is 5.29. The quantitative estimate of drug-likeness (QED) is 0.614. The molecule has 0 atom stereocenters.